The van der Waals surface area contributed by atoms with Crippen LogP contribution in [0.1, 0.15) is 43.0 Å². The van der Waals surface area contributed by atoms with Crippen LogP contribution in [0.4, 0.5) is 0 Å². The Morgan fingerprint density at radius 2 is 1.63 bits per heavy atom. The number of rotatable bonds is 4. The third kappa shape index (κ3) is 3.42. The Hall–Kier alpha value is -2.30. The van der Waals surface area contributed by atoms with E-state index in [1.54, 1.807) is 0 Å². The van der Waals surface area contributed by atoms with E-state index >= 15 is 0 Å². The van der Waals surface area contributed by atoms with Crippen molar-refractivity contribution >= 4 is 29.2 Å². The fourth-order valence-electron chi connectivity index (χ4n) is 5.54. The second kappa shape index (κ2) is 8.44. The van der Waals surface area contributed by atoms with E-state index in [0.717, 1.165) is 47.1 Å². The third-order valence-electron chi connectivity index (χ3n) is 6.99. The molecular formula is C25H30ClN3O. The molecule has 2 aromatic carbocycles. The molecule has 1 N–H and O–H groups in total. The molecule has 2 fully saturated rings. The first-order valence-electron chi connectivity index (χ1n) is 10.9. The van der Waals surface area contributed by atoms with Crippen molar-refractivity contribution in [2.75, 3.05) is 7.05 Å². The maximum Gasteiger partial charge on any atom is 0.254 e. The van der Waals surface area contributed by atoms with Crippen LogP contribution in [0.2, 0.25) is 0 Å². The lowest BCUT2D eigenvalue weighted by atomic mass is 9.97. The average Bonchev–Trinajstić information content (AvgIpc) is 3.17. The maximum atomic E-state index is 13.6. The van der Waals surface area contributed by atoms with Crippen molar-refractivity contribution in [3.8, 4) is 11.3 Å². The fourth-order valence-corrected chi connectivity index (χ4v) is 5.54. The van der Waals surface area contributed by atoms with Gasteiger partial charge in [-0.05, 0) is 51.3 Å². The van der Waals surface area contributed by atoms with Gasteiger partial charge in [-0.2, -0.15) is 0 Å². The number of hydrogen-bond donors (Lipinski definition) is 1. The number of amides is 1. The minimum Gasteiger partial charge on any atom is -0.349 e. The zero-order chi connectivity index (χ0) is 20.0. The third-order valence-corrected chi connectivity index (χ3v) is 6.99. The van der Waals surface area contributed by atoms with Gasteiger partial charge in [0, 0.05) is 35.6 Å². The van der Waals surface area contributed by atoms with Gasteiger partial charge in [0.25, 0.3) is 5.91 Å². The van der Waals surface area contributed by atoms with Crippen LogP contribution >= 0.6 is 12.4 Å². The Morgan fingerprint density at radius 1 is 1.00 bits per heavy atom. The minimum atomic E-state index is 0. The summed E-state index contributed by atoms with van der Waals surface area (Å²) >= 11 is 0. The molecule has 30 heavy (non-hydrogen) atoms. The molecule has 2 aliphatic heterocycles. The van der Waals surface area contributed by atoms with Gasteiger partial charge in [-0.3, -0.25) is 4.79 Å². The van der Waals surface area contributed by atoms with Crippen molar-refractivity contribution in [2.45, 2.75) is 57.3 Å². The second-order valence-electron chi connectivity index (χ2n) is 8.54. The normalized spacial score (nSPS) is 23.3. The molecule has 158 valence electrons. The SMILES string of the molecule is CCn1c(-c2ccccc2)c(C(=O)NC2CC3CCC(C2)N3C)c2ccccc21.Cl. The van der Waals surface area contributed by atoms with Crippen LogP contribution in [-0.4, -0.2) is 40.5 Å². The van der Waals surface area contributed by atoms with Crippen molar-refractivity contribution in [3.05, 3.63) is 60.2 Å². The lowest BCUT2D eigenvalue weighted by molar-refractivity contribution is 0.0884. The molecule has 0 radical (unpaired) electrons. The van der Waals surface area contributed by atoms with Crippen molar-refractivity contribution in [1.82, 2.24) is 14.8 Å². The first-order chi connectivity index (χ1) is 14.2. The average molecular weight is 424 g/mol. The van der Waals surface area contributed by atoms with E-state index in [4.69, 9.17) is 0 Å². The molecule has 0 saturated carbocycles. The summed E-state index contributed by atoms with van der Waals surface area (Å²) in [5, 5.41) is 4.46. The Balaban J connectivity index is 0.00000218. The summed E-state index contributed by atoms with van der Waals surface area (Å²) in [6.07, 6.45) is 4.65. The fraction of sp³-hybridized carbons (Fsp3) is 0.400. The molecule has 0 aliphatic carbocycles. The van der Waals surface area contributed by atoms with E-state index in [0.29, 0.717) is 12.1 Å². The Bertz CT molecular complexity index is 1030. The number of para-hydroxylation sites is 1. The van der Waals surface area contributed by atoms with Gasteiger partial charge in [0.05, 0.1) is 11.3 Å². The summed E-state index contributed by atoms with van der Waals surface area (Å²) in [5.74, 6) is 0.0706. The van der Waals surface area contributed by atoms with Crippen LogP contribution in [0, 0.1) is 0 Å². The zero-order valence-corrected chi connectivity index (χ0v) is 18.5. The Kier molecular flexibility index (Phi) is 5.90. The smallest absolute Gasteiger partial charge is 0.254 e. The van der Waals surface area contributed by atoms with Gasteiger partial charge < -0.3 is 14.8 Å². The van der Waals surface area contributed by atoms with Gasteiger partial charge in [0.15, 0.2) is 0 Å². The highest BCUT2D eigenvalue weighted by molar-refractivity contribution is 6.13. The van der Waals surface area contributed by atoms with Crippen LogP contribution in [0.25, 0.3) is 22.2 Å². The number of fused-ring (bicyclic) bond motifs is 3. The summed E-state index contributed by atoms with van der Waals surface area (Å²) in [6, 6.07) is 20.1. The van der Waals surface area contributed by atoms with Gasteiger partial charge in [-0.25, -0.2) is 0 Å². The molecule has 1 aromatic heterocycles. The van der Waals surface area contributed by atoms with E-state index in [1.165, 1.54) is 12.8 Å². The van der Waals surface area contributed by atoms with E-state index in [2.05, 4.69) is 59.1 Å². The van der Waals surface area contributed by atoms with E-state index in [1.807, 2.05) is 24.3 Å². The molecule has 2 unspecified atom stereocenters. The molecule has 2 atom stereocenters. The van der Waals surface area contributed by atoms with Crippen LogP contribution < -0.4 is 5.32 Å². The number of benzene rings is 2. The van der Waals surface area contributed by atoms with Gasteiger partial charge in [0.2, 0.25) is 0 Å². The molecule has 2 saturated heterocycles. The highest BCUT2D eigenvalue weighted by Crippen LogP contribution is 2.36. The largest absolute Gasteiger partial charge is 0.349 e. The summed E-state index contributed by atoms with van der Waals surface area (Å²) in [6.45, 7) is 2.98. The van der Waals surface area contributed by atoms with E-state index < -0.39 is 0 Å². The van der Waals surface area contributed by atoms with Gasteiger partial charge in [-0.1, -0.05) is 48.5 Å². The molecule has 3 aromatic rings. The number of hydrogen-bond acceptors (Lipinski definition) is 2. The number of aromatic nitrogens is 1. The van der Waals surface area contributed by atoms with Crippen molar-refractivity contribution < 1.29 is 4.79 Å². The topological polar surface area (TPSA) is 37.3 Å². The lowest BCUT2D eigenvalue weighted by Crippen LogP contribution is -2.48. The zero-order valence-electron chi connectivity index (χ0n) is 17.7. The maximum absolute atomic E-state index is 13.6. The molecule has 2 bridgehead atoms. The van der Waals surface area contributed by atoms with E-state index in [-0.39, 0.29) is 24.4 Å². The standard InChI is InChI=1S/C25H29N3O.ClH/c1-3-28-22-12-8-7-11-21(22)23(24(28)17-9-5-4-6-10-17)25(29)26-18-15-19-13-14-20(16-18)27(19)2;/h4-12,18-20H,3,13-16H2,1-2H3,(H,26,29);1H. The quantitative estimate of drug-likeness (QED) is 0.633. The highest BCUT2D eigenvalue weighted by atomic mass is 35.5. The van der Waals surface area contributed by atoms with Crippen LogP contribution in [-0.2, 0) is 6.54 Å². The number of carbonyl (C=O) groups excluding carboxylic acids is 1. The number of aryl methyl sites for hydroxylation is 1. The summed E-state index contributed by atoms with van der Waals surface area (Å²) in [5.41, 5.74) is 4.07. The molecule has 1 amide bonds. The van der Waals surface area contributed by atoms with Gasteiger partial charge in [0.1, 0.15) is 0 Å². The van der Waals surface area contributed by atoms with Crippen molar-refractivity contribution in [1.29, 1.82) is 0 Å². The van der Waals surface area contributed by atoms with Crippen LogP contribution in [0.3, 0.4) is 0 Å². The lowest BCUT2D eigenvalue weighted by Gasteiger charge is -2.36. The summed E-state index contributed by atoms with van der Waals surface area (Å²) in [4.78, 5) is 16.1. The van der Waals surface area contributed by atoms with Gasteiger partial charge >= 0.3 is 0 Å². The first-order valence-corrected chi connectivity index (χ1v) is 10.9. The number of nitrogens with one attached hydrogen (secondary N) is 1. The highest BCUT2D eigenvalue weighted by Gasteiger charge is 2.39. The molecular weight excluding hydrogens is 394 g/mol. The van der Waals surface area contributed by atoms with Crippen molar-refractivity contribution in [2.24, 2.45) is 0 Å². The van der Waals surface area contributed by atoms with Crippen molar-refractivity contribution in [3.63, 3.8) is 0 Å². The molecule has 5 rings (SSSR count). The summed E-state index contributed by atoms with van der Waals surface area (Å²) < 4.78 is 2.28. The van der Waals surface area contributed by atoms with Crippen LogP contribution in [0.15, 0.2) is 54.6 Å². The second-order valence-corrected chi connectivity index (χ2v) is 8.54. The van der Waals surface area contributed by atoms with E-state index in [9.17, 15) is 4.79 Å². The molecule has 4 nitrogen and oxygen atoms in total. The molecule has 2 aliphatic rings. The predicted octanol–water partition coefficient (Wildman–Crippen LogP) is 5.11. The summed E-state index contributed by atoms with van der Waals surface area (Å²) in [7, 11) is 2.24. The Labute approximate surface area is 184 Å². The monoisotopic (exact) mass is 423 g/mol. The van der Waals surface area contributed by atoms with Gasteiger partial charge in [-0.15, -0.1) is 12.4 Å². The number of nitrogens with zero attached hydrogens (tertiary/aromatic N) is 2. The first kappa shape index (κ1) is 21.0. The number of carbonyl (C=O) groups is 1. The molecule has 5 heteroatoms. The number of piperidine rings is 1. The minimum absolute atomic E-state index is 0. The number of halogens is 1. The molecule has 0 spiro atoms. The predicted molar refractivity (Wildman–Crippen MR) is 125 cm³/mol. The Morgan fingerprint density at radius 3 is 2.30 bits per heavy atom. The molecule has 3 heterocycles. The van der Waals surface area contributed by atoms with Crippen LogP contribution in [0.5, 0.6) is 0 Å².